The molecule has 0 spiro atoms. The Balaban J connectivity index is 0.00000324. The Labute approximate surface area is 194 Å². The number of hydrogen-bond acceptors (Lipinski definition) is 7. The summed E-state index contributed by atoms with van der Waals surface area (Å²) >= 11 is 0. The lowest BCUT2D eigenvalue weighted by Crippen LogP contribution is -2.71. The van der Waals surface area contributed by atoms with Crippen LogP contribution in [0.5, 0.6) is 0 Å². The van der Waals surface area contributed by atoms with Gasteiger partial charge in [-0.2, -0.15) is 0 Å². The first-order valence-corrected chi connectivity index (χ1v) is 11.4. The lowest BCUT2D eigenvalue weighted by molar-refractivity contribution is -0.144. The highest BCUT2D eigenvalue weighted by atomic mass is 16.4. The number of carbonyl (C=O) groups excluding carboxylic acids is 3. The number of piperazine rings is 1. The van der Waals surface area contributed by atoms with Gasteiger partial charge in [0.1, 0.15) is 12.2 Å². The summed E-state index contributed by atoms with van der Waals surface area (Å²) < 4.78 is 10.9. The van der Waals surface area contributed by atoms with E-state index in [0.717, 1.165) is 19.4 Å². The Kier molecular flexibility index (Phi) is 6.55. The Hall–Kier alpha value is -3.14. The summed E-state index contributed by atoms with van der Waals surface area (Å²) in [6.45, 7) is 7.70. The molecule has 1 N–H and O–H groups in total. The first kappa shape index (κ1) is 23.0. The summed E-state index contributed by atoms with van der Waals surface area (Å²) in [6, 6.07) is 2.50. The summed E-state index contributed by atoms with van der Waals surface area (Å²) in [5.74, 6) is -0.303. The number of nitrogens with one attached hydrogen (secondary N) is 1. The molecular weight excluding hydrogens is 426 g/mol. The summed E-state index contributed by atoms with van der Waals surface area (Å²) in [6.07, 6.45) is 3.25. The van der Waals surface area contributed by atoms with Crippen molar-refractivity contribution in [1.29, 1.82) is 0 Å². The molecule has 0 aliphatic carbocycles. The van der Waals surface area contributed by atoms with Crippen molar-refractivity contribution in [2.45, 2.75) is 45.8 Å². The van der Waals surface area contributed by atoms with Gasteiger partial charge >= 0.3 is 0 Å². The second kappa shape index (κ2) is 9.38. The van der Waals surface area contributed by atoms with E-state index in [0.29, 0.717) is 13.0 Å². The van der Waals surface area contributed by atoms with Gasteiger partial charge in [-0.3, -0.25) is 19.3 Å². The van der Waals surface area contributed by atoms with Crippen LogP contribution in [0, 0.1) is 11.8 Å². The van der Waals surface area contributed by atoms with Crippen LogP contribution in [0.4, 0.5) is 5.88 Å². The van der Waals surface area contributed by atoms with Crippen molar-refractivity contribution in [3.63, 3.8) is 0 Å². The van der Waals surface area contributed by atoms with Gasteiger partial charge in [0.15, 0.2) is 17.8 Å². The predicted octanol–water partition coefficient (Wildman–Crippen LogP) is 2.44. The fourth-order valence-corrected chi connectivity index (χ4v) is 4.64. The maximum absolute atomic E-state index is 13.6. The van der Waals surface area contributed by atoms with E-state index in [1.807, 2.05) is 20.9 Å². The van der Waals surface area contributed by atoms with E-state index >= 15 is 0 Å². The number of amides is 3. The molecule has 0 bridgehead atoms. The Morgan fingerprint density at radius 1 is 1.30 bits per heavy atom. The average molecular weight is 460 g/mol. The molecule has 3 amide bonds. The molecule has 0 aromatic carbocycles. The van der Waals surface area contributed by atoms with Crippen molar-refractivity contribution in [2.75, 3.05) is 31.6 Å². The fourth-order valence-electron chi connectivity index (χ4n) is 4.64. The molecule has 3 atom stereocenters. The largest absolute Gasteiger partial charge is 0.459 e. The topological polar surface area (TPSA) is 112 Å². The molecule has 2 aromatic rings. The molecule has 10 heteroatoms. The molecule has 0 saturated carbocycles. The maximum Gasteiger partial charge on any atom is 0.298 e. The van der Waals surface area contributed by atoms with Gasteiger partial charge in [0.2, 0.25) is 11.8 Å². The van der Waals surface area contributed by atoms with Crippen LogP contribution in [0.1, 0.15) is 56.1 Å². The zero-order valence-electron chi connectivity index (χ0n) is 19.5. The molecule has 4 rings (SSSR count). The summed E-state index contributed by atoms with van der Waals surface area (Å²) in [4.78, 5) is 49.3. The van der Waals surface area contributed by atoms with Gasteiger partial charge in [0.25, 0.3) is 11.8 Å². The minimum Gasteiger partial charge on any atom is -0.459 e. The van der Waals surface area contributed by atoms with Crippen LogP contribution in [-0.2, 0) is 4.79 Å². The van der Waals surface area contributed by atoms with Crippen LogP contribution < -0.4 is 10.2 Å². The van der Waals surface area contributed by atoms with Gasteiger partial charge in [-0.1, -0.05) is 20.8 Å². The zero-order valence-corrected chi connectivity index (χ0v) is 19.5. The lowest BCUT2D eigenvalue weighted by atomic mass is 9.95. The van der Waals surface area contributed by atoms with E-state index < -0.39 is 24.0 Å². The van der Waals surface area contributed by atoms with Crippen molar-refractivity contribution < 1.29 is 24.6 Å². The number of oxazole rings is 1. The molecule has 4 heterocycles. The third kappa shape index (κ3) is 4.27. The molecule has 2 aliphatic rings. The number of nitrogens with zero attached hydrogens (tertiary/aromatic N) is 4. The molecule has 2 unspecified atom stereocenters. The molecule has 33 heavy (non-hydrogen) atoms. The zero-order chi connectivity index (χ0) is 23.7. The van der Waals surface area contributed by atoms with Crippen LogP contribution in [0.25, 0.3) is 0 Å². The van der Waals surface area contributed by atoms with Crippen molar-refractivity contribution >= 4 is 23.6 Å². The SMILES string of the molecule is CNCCC(C)CN1CC2N(C(=O)c3ccco3)c3ocnc3C(=O)N2[C@@H](CC(C)C)C1=O.[HH]. The number of anilines is 1. The smallest absolute Gasteiger partial charge is 0.298 e. The van der Waals surface area contributed by atoms with Crippen LogP contribution >= 0.6 is 0 Å². The van der Waals surface area contributed by atoms with E-state index in [4.69, 9.17) is 8.83 Å². The third-order valence-electron chi connectivity index (χ3n) is 6.20. The fraction of sp³-hybridized carbons (Fsp3) is 0.565. The van der Waals surface area contributed by atoms with Gasteiger partial charge in [0, 0.05) is 7.97 Å². The predicted molar refractivity (Wildman–Crippen MR) is 122 cm³/mol. The van der Waals surface area contributed by atoms with E-state index in [9.17, 15) is 14.4 Å². The minimum absolute atomic E-state index is 0. The lowest BCUT2D eigenvalue weighted by Gasteiger charge is -2.51. The van der Waals surface area contributed by atoms with Gasteiger partial charge in [-0.25, -0.2) is 4.98 Å². The van der Waals surface area contributed by atoms with Crippen LogP contribution in [0.15, 0.2) is 33.6 Å². The molecule has 180 valence electrons. The van der Waals surface area contributed by atoms with Gasteiger partial charge in [0.05, 0.1) is 12.8 Å². The van der Waals surface area contributed by atoms with E-state index in [-0.39, 0.29) is 43.1 Å². The Bertz CT molecular complexity index is 1010. The first-order chi connectivity index (χ1) is 15.8. The number of aromatic nitrogens is 1. The van der Waals surface area contributed by atoms with Gasteiger partial charge < -0.3 is 24.0 Å². The summed E-state index contributed by atoms with van der Waals surface area (Å²) in [5.41, 5.74) is 0.0311. The van der Waals surface area contributed by atoms with Crippen molar-refractivity contribution in [3.8, 4) is 0 Å². The quantitative estimate of drug-likeness (QED) is 0.645. The molecule has 10 nitrogen and oxygen atoms in total. The van der Waals surface area contributed by atoms with Crippen molar-refractivity contribution in [2.24, 2.45) is 11.8 Å². The molecule has 1 saturated heterocycles. The summed E-state index contributed by atoms with van der Waals surface area (Å²) in [7, 11) is 1.90. The standard InChI is InChI=1S/C23H31N5O5.H2/c1-14(2)10-16-20(29)26(11-15(3)7-8-24-4)12-18-27(16)22(31)19-23(33-13-25-19)28(18)21(30)17-6-5-9-32-17;/h5-6,9,13-16,18,24H,7-8,10-12H2,1-4H3;1H/t15?,16-,18?;/m0./s1. The van der Waals surface area contributed by atoms with E-state index in [1.165, 1.54) is 16.1 Å². The van der Waals surface area contributed by atoms with Gasteiger partial charge in [-0.15, -0.1) is 0 Å². The Morgan fingerprint density at radius 2 is 2.09 bits per heavy atom. The highest BCUT2D eigenvalue weighted by Crippen LogP contribution is 2.37. The van der Waals surface area contributed by atoms with Gasteiger partial charge in [-0.05, 0) is 50.4 Å². The Morgan fingerprint density at radius 3 is 2.76 bits per heavy atom. The highest BCUT2D eigenvalue weighted by molar-refractivity contribution is 6.11. The number of fused-ring (bicyclic) bond motifs is 2. The molecule has 0 radical (unpaired) electrons. The molecule has 1 fully saturated rings. The number of rotatable bonds is 8. The van der Waals surface area contributed by atoms with E-state index in [1.54, 1.807) is 17.0 Å². The summed E-state index contributed by atoms with van der Waals surface area (Å²) in [5, 5.41) is 3.14. The number of hydrogen-bond donors (Lipinski definition) is 1. The number of carbonyl (C=O) groups is 3. The highest BCUT2D eigenvalue weighted by Gasteiger charge is 2.53. The van der Waals surface area contributed by atoms with Crippen LogP contribution in [-0.4, -0.2) is 71.4 Å². The van der Waals surface area contributed by atoms with E-state index in [2.05, 4.69) is 17.2 Å². The van der Waals surface area contributed by atoms with Crippen LogP contribution in [0.3, 0.4) is 0 Å². The molecule has 2 aliphatic heterocycles. The monoisotopic (exact) mass is 459 g/mol. The molecular formula is C23H33N5O5. The maximum atomic E-state index is 13.6. The first-order valence-electron chi connectivity index (χ1n) is 11.4. The second-order valence-corrected chi connectivity index (χ2v) is 9.24. The van der Waals surface area contributed by atoms with Crippen molar-refractivity contribution in [1.82, 2.24) is 20.1 Å². The van der Waals surface area contributed by atoms with Crippen molar-refractivity contribution in [3.05, 3.63) is 36.2 Å². The normalized spacial score (nSPS) is 21.4. The minimum atomic E-state index is -0.714. The second-order valence-electron chi connectivity index (χ2n) is 9.24. The average Bonchev–Trinajstić information content (AvgIpc) is 3.47. The van der Waals surface area contributed by atoms with Crippen LogP contribution in [0.2, 0.25) is 0 Å². The third-order valence-corrected chi connectivity index (χ3v) is 6.20. The molecule has 2 aromatic heterocycles. The number of furan rings is 1.